The van der Waals surface area contributed by atoms with Crippen molar-refractivity contribution in [3.63, 3.8) is 0 Å². The Labute approximate surface area is 114 Å². The molecule has 0 aliphatic heterocycles. The van der Waals surface area contributed by atoms with Gasteiger partial charge in [0.1, 0.15) is 22.3 Å². The zero-order valence-corrected chi connectivity index (χ0v) is 10.9. The second kappa shape index (κ2) is 5.64. The third-order valence-corrected chi connectivity index (χ3v) is 4.01. The highest BCUT2D eigenvalue weighted by Gasteiger charge is 2.20. The van der Waals surface area contributed by atoms with E-state index in [-0.39, 0.29) is 12.1 Å². The molecule has 0 unspecified atom stereocenters. The van der Waals surface area contributed by atoms with Crippen LogP contribution in [0.5, 0.6) is 0 Å². The lowest BCUT2D eigenvalue weighted by Gasteiger charge is -2.08. The molecule has 0 radical (unpaired) electrons. The fourth-order valence-corrected chi connectivity index (χ4v) is 2.67. The summed E-state index contributed by atoms with van der Waals surface area (Å²) < 4.78 is 65.5. The minimum atomic E-state index is -4.26. The molecule has 0 aliphatic carbocycles. The van der Waals surface area contributed by atoms with Gasteiger partial charge in [-0.25, -0.2) is 26.3 Å². The lowest BCUT2D eigenvalue weighted by atomic mass is 10.2. The molecule has 0 saturated heterocycles. The highest BCUT2D eigenvalue weighted by atomic mass is 32.2. The molecule has 106 valence electrons. The van der Waals surface area contributed by atoms with Crippen molar-refractivity contribution in [2.24, 2.45) is 0 Å². The van der Waals surface area contributed by atoms with Crippen LogP contribution in [0.15, 0.2) is 47.4 Å². The van der Waals surface area contributed by atoms with Crippen LogP contribution in [0.2, 0.25) is 0 Å². The van der Waals surface area contributed by atoms with E-state index < -0.39 is 32.4 Å². The maximum absolute atomic E-state index is 13.4. The van der Waals surface area contributed by atoms with Crippen molar-refractivity contribution in [1.82, 2.24) is 4.72 Å². The topological polar surface area (TPSA) is 46.2 Å². The van der Waals surface area contributed by atoms with Gasteiger partial charge in [0.2, 0.25) is 10.0 Å². The molecule has 2 aromatic rings. The van der Waals surface area contributed by atoms with Crippen LogP contribution >= 0.6 is 0 Å². The molecule has 0 atom stereocenters. The van der Waals surface area contributed by atoms with Gasteiger partial charge in [0.05, 0.1) is 0 Å². The second-order valence-corrected chi connectivity index (χ2v) is 5.73. The molecule has 2 aromatic carbocycles. The van der Waals surface area contributed by atoms with E-state index in [1.807, 2.05) is 4.72 Å². The summed E-state index contributed by atoms with van der Waals surface area (Å²) in [6.45, 7) is -0.356. The molecule has 0 spiro atoms. The molecule has 0 fully saturated rings. The summed E-state index contributed by atoms with van der Waals surface area (Å²) in [6.07, 6.45) is 0. The first-order chi connectivity index (χ1) is 9.40. The van der Waals surface area contributed by atoms with Crippen LogP contribution in [0.25, 0.3) is 0 Å². The first-order valence-electron chi connectivity index (χ1n) is 5.58. The molecule has 1 N–H and O–H groups in total. The Balaban J connectivity index is 2.24. The van der Waals surface area contributed by atoms with Crippen LogP contribution in [-0.4, -0.2) is 8.42 Å². The fraction of sp³-hybridized carbons (Fsp3) is 0.0769. The normalized spacial score (nSPS) is 11.6. The van der Waals surface area contributed by atoms with Crippen LogP contribution in [0, 0.1) is 17.5 Å². The molecule has 0 saturated carbocycles. The van der Waals surface area contributed by atoms with E-state index >= 15 is 0 Å². The van der Waals surface area contributed by atoms with Gasteiger partial charge < -0.3 is 0 Å². The summed E-state index contributed by atoms with van der Waals surface area (Å²) in [5, 5.41) is 0. The SMILES string of the molecule is O=S(=O)(NCc1ccccc1F)c1cc(F)ccc1F. The fourth-order valence-electron chi connectivity index (χ4n) is 1.58. The molecule has 20 heavy (non-hydrogen) atoms. The first-order valence-corrected chi connectivity index (χ1v) is 7.06. The highest BCUT2D eigenvalue weighted by molar-refractivity contribution is 7.89. The van der Waals surface area contributed by atoms with Gasteiger partial charge >= 0.3 is 0 Å². The average Bonchev–Trinajstić information content (AvgIpc) is 2.40. The quantitative estimate of drug-likeness (QED) is 0.943. The van der Waals surface area contributed by atoms with Gasteiger partial charge in [0, 0.05) is 12.1 Å². The van der Waals surface area contributed by atoms with Gasteiger partial charge in [-0.2, -0.15) is 0 Å². The van der Waals surface area contributed by atoms with Gasteiger partial charge in [0.15, 0.2) is 0 Å². The summed E-state index contributed by atoms with van der Waals surface area (Å²) in [4.78, 5) is -0.811. The molecule has 0 amide bonds. The molecule has 0 aliphatic rings. The Bertz CT molecular complexity index is 732. The minimum Gasteiger partial charge on any atom is -0.207 e. The number of hydrogen-bond donors (Lipinski definition) is 1. The Morgan fingerprint density at radius 1 is 0.950 bits per heavy atom. The molecule has 3 nitrogen and oxygen atoms in total. The number of rotatable bonds is 4. The Hall–Kier alpha value is -1.86. The van der Waals surface area contributed by atoms with E-state index in [0.29, 0.717) is 12.1 Å². The molecule has 2 rings (SSSR count). The molecule has 7 heteroatoms. The van der Waals surface area contributed by atoms with Crippen LogP contribution in [-0.2, 0) is 16.6 Å². The summed E-state index contributed by atoms with van der Waals surface area (Å²) in [6, 6.07) is 7.65. The molecular weight excluding hydrogens is 291 g/mol. The zero-order valence-electron chi connectivity index (χ0n) is 10.1. The van der Waals surface area contributed by atoms with Crippen LogP contribution in [0.4, 0.5) is 13.2 Å². The van der Waals surface area contributed by atoms with Gasteiger partial charge in [0.25, 0.3) is 0 Å². The maximum Gasteiger partial charge on any atom is 0.243 e. The van der Waals surface area contributed by atoms with Gasteiger partial charge in [-0.1, -0.05) is 18.2 Å². The lowest BCUT2D eigenvalue weighted by Crippen LogP contribution is -2.24. The monoisotopic (exact) mass is 301 g/mol. The minimum absolute atomic E-state index is 0.105. The smallest absolute Gasteiger partial charge is 0.207 e. The predicted molar refractivity (Wildman–Crippen MR) is 66.8 cm³/mol. The first kappa shape index (κ1) is 14.5. The van der Waals surface area contributed by atoms with Crippen molar-refractivity contribution in [2.45, 2.75) is 11.4 Å². The van der Waals surface area contributed by atoms with E-state index in [4.69, 9.17) is 0 Å². The lowest BCUT2D eigenvalue weighted by molar-refractivity contribution is 0.543. The van der Waals surface area contributed by atoms with E-state index in [9.17, 15) is 21.6 Å². The van der Waals surface area contributed by atoms with Gasteiger partial charge in [-0.05, 0) is 24.3 Å². The summed E-state index contributed by atoms with van der Waals surface area (Å²) in [5.74, 6) is -2.54. The molecule has 0 heterocycles. The molecular formula is C13H10F3NO2S. The highest BCUT2D eigenvalue weighted by Crippen LogP contribution is 2.16. The number of hydrogen-bond acceptors (Lipinski definition) is 2. The molecule has 0 aromatic heterocycles. The van der Waals surface area contributed by atoms with Crippen LogP contribution in [0.1, 0.15) is 5.56 Å². The zero-order chi connectivity index (χ0) is 14.8. The van der Waals surface area contributed by atoms with E-state index in [2.05, 4.69) is 0 Å². The maximum atomic E-state index is 13.4. The van der Waals surface area contributed by atoms with Crippen molar-refractivity contribution in [3.05, 3.63) is 65.5 Å². The number of sulfonamides is 1. The number of nitrogens with one attached hydrogen (secondary N) is 1. The Morgan fingerprint density at radius 2 is 1.65 bits per heavy atom. The van der Waals surface area contributed by atoms with E-state index in [1.54, 1.807) is 0 Å². The average molecular weight is 301 g/mol. The van der Waals surface area contributed by atoms with Crippen molar-refractivity contribution in [2.75, 3.05) is 0 Å². The van der Waals surface area contributed by atoms with E-state index in [1.165, 1.54) is 24.3 Å². The summed E-state index contributed by atoms with van der Waals surface area (Å²) >= 11 is 0. The Kier molecular flexibility index (Phi) is 4.10. The summed E-state index contributed by atoms with van der Waals surface area (Å²) in [5.41, 5.74) is 0.105. The van der Waals surface area contributed by atoms with Crippen LogP contribution in [0.3, 0.4) is 0 Å². The van der Waals surface area contributed by atoms with Crippen molar-refractivity contribution in [3.8, 4) is 0 Å². The predicted octanol–water partition coefficient (Wildman–Crippen LogP) is 2.58. The third kappa shape index (κ3) is 3.17. The number of halogens is 3. The third-order valence-electron chi connectivity index (χ3n) is 2.59. The van der Waals surface area contributed by atoms with Gasteiger partial charge in [-0.15, -0.1) is 0 Å². The van der Waals surface area contributed by atoms with E-state index in [0.717, 1.165) is 6.07 Å². The number of benzene rings is 2. The van der Waals surface area contributed by atoms with Crippen molar-refractivity contribution >= 4 is 10.0 Å². The molecule has 0 bridgehead atoms. The van der Waals surface area contributed by atoms with Crippen molar-refractivity contribution < 1.29 is 21.6 Å². The summed E-state index contributed by atoms with van der Waals surface area (Å²) in [7, 11) is -4.26. The largest absolute Gasteiger partial charge is 0.243 e. The van der Waals surface area contributed by atoms with Gasteiger partial charge in [-0.3, -0.25) is 0 Å². The second-order valence-electron chi connectivity index (χ2n) is 3.99. The van der Waals surface area contributed by atoms with Crippen LogP contribution < -0.4 is 4.72 Å². The standard InChI is InChI=1S/C13H10F3NO2S/c14-10-5-6-12(16)13(7-10)20(18,19)17-8-9-3-1-2-4-11(9)15/h1-7,17H,8H2. The Morgan fingerprint density at radius 3 is 2.35 bits per heavy atom. The van der Waals surface area contributed by atoms with Crippen molar-refractivity contribution in [1.29, 1.82) is 0 Å².